The number of rotatable bonds is 94. The van der Waals surface area contributed by atoms with Gasteiger partial charge < -0.3 is 23.7 Å². The first kappa shape index (κ1) is 105. The van der Waals surface area contributed by atoms with Gasteiger partial charge in [0, 0.05) is 25.7 Å². The van der Waals surface area contributed by atoms with E-state index in [-0.39, 0.29) is 24.8 Å². The smallest absolute Gasteiger partial charge is 0.194 e. The molecule has 0 aromatic heterocycles. The van der Waals surface area contributed by atoms with Gasteiger partial charge in [-0.05, 0) is 64.2 Å². The van der Waals surface area contributed by atoms with Crippen LogP contribution in [0.4, 0.5) is 0 Å². The molecule has 0 aliphatic rings. The van der Waals surface area contributed by atoms with E-state index < -0.39 is 25.2 Å². The van der Waals surface area contributed by atoms with Crippen molar-refractivity contribution in [3.05, 3.63) is 0 Å². The minimum Gasteiger partial charge on any atom is -0.343 e. The average Bonchev–Trinajstić information content (AvgIpc) is 0.859. The standard InChI is InChI=1S/C96H194O9/c1-11-21-31-41-49-57-65-75-85-95(83-73-39-29-19-9,86-76-66-58-50-42-32-22-12-2)100-93(81-71-63-55-47-37-27-17-7)104-102-91(79-69-61-53-45-35-25-15-5)98-89-97-90-99-92(80-70-62-54-46-36-26-16-6)103-105-94(82-72-64-56-48-38-28-18-8)101-96(84-74-40-30-20-10,87-77-67-59-51-43-33-23-13-3)88-78-68-60-52-44-34-24-14-4/h91-94H,11-90H2,1-10H3. The Bertz CT molecular complexity index is 1430. The summed E-state index contributed by atoms with van der Waals surface area (Å²) in [5.41, 5.74) is -0.450. The van der Waals surface area contributed by atoms with E-state index in [4.69, 9.17) is 43.2 Å². The molecule has 0 fully saturated rings. The van der Waals surface area contributed by atoms with Gasteiger partial charge in [0.2, 0.25) is 0 Å². The molecular weight excluding hydrogens is 1300 g/mol. The summed E-state index contributed by atoms with van der Waals surface area (Å²) in [6.45, 7) is 23.3. The van der Waals surface area contributed by atoms with Crippen LogP contribution in [-0.4, -0.2) is 49.9 Å². The summed E-state index contributed by atoms with van der Waals surface area (Å²) in [5.74, 6) is 0. The molecule has 0 aliphatic carbocycles. The summed E-state index contributed by atoms with van der Waals surface area (Å²) in [5, 5.41) is 0. The second-order valence-electron chi connectivity index (χ2n) is 33.6. The van der Waals surface area contributed by atoms with Crippen molar-refractivity contribution in [2.24, 2.45) is 0 Å². The zero-order valence-corrected chi connectivity index (χ0v) is 73.6. The van der Waals surface area contributed by atoms with Crippen LogP contribution in [0.3, 0.4) is 0 Å². The predicted molar refractivity (Wildman–Crippen MR) is 457 cm³/mol. The van der Waals surface area contributed by atoms with Gasteiger partial charge in [-0.2, -0.15) is 0 Å². The summed E-state index contributed by atoms with van der Waals surface area (Å²) in [6, 6.07) is 0. The molecule has 0 rings (SSSR count). The fraction of sp³-hybridized carbons (Fsp3) is 1.00. The van der Waals surface area contributed by atoms with Gasteiger partial charge in [0.25, 0.3) is 0 Å². The molecule has 0 aliphatic heterocycles. The van der Waals surface area contributed by atoms with E-state index >= 15 is 0 Å². The molecule has 0 amide bonds. The molecule has 0 radical (unpaired) electrons. The summed E-state index contributed by atoms with van der Waals surface area (Å²) in [7, 11) is 0. The van der Waals surface area contributed by atoms with E-state index in [9.17, 15) is 0 Å². The Morgan fingerprint density at radius 1 is 0.162 bits per heavy atom. The van der Waals surface area contributed by atoms with Crippen molar-refractivity contribution < 1.29 is 43.2 Å². The number of ether oxygens (including phenoxy) is 5. The first-order chi connectivity index (χ1) is 51.8. The maximum Gasteiger partial charge on any atom is 0.194 e. The van der Waals surface area contributed by atoms with E-state index in [0.29, 0.717) is 0 Å². The SMILES string of the molecule is CCCCCCCCCCC(CCCCCC)(CCCCCCCCCC)OC(CCCCCCCCC)OOC(CCCCCCCCC)OCOCOC(CCCCCCCCC)OOC(CCCCCCCCC)OC(CCCCCC)(CCCCCCCCCC)CCCCCCCCCC. The van der Waals surface area contributed by atoms with Gasteiger partial charge in [-0.3, -0.25) is 0 Å². The molecule has 0 aromatic rings. The summed E-state index contributed by atoms with van der Waals surface area (Å²) in [4.78, 5) is 26.9. The lowest BCUT2D eigenvalue weighted by Gasteiger charge is -2.38. The molecule has 0 N–H and O–H groups in total. The van der Waals surface area contributed by atoms with Crippen molar-refractivity contribution in [2.45, 2.75) is 606 Å². The van der Waals surface area contributed by atoms with Gasteiger partial charge in [0.1, 0.15) is 0 Å². The van der Waals surface area contributed by atoms with E-state index in [0.717, 1.165) is 103 Å². The van der Waals surface area contributed by atoms with Crippen molar-refractivity contribution in [1.82, 2.24) is 0 Å². The van der Waals surface area contributed by atoms with Gasteiger partial charge in [0.15, 0.2) is 38.7 Å². The first-order valence-electron chi connectivity index (χ1n) is 48.6. The van der Waals surface area contributed by atoms with Crippen LogP contribution in [-0.2, 0) is 43.2 Å². The maximum atomic E-state index is 7.68. The minimum absolute atomic E-state index is 0.0269. The van der Waals surface area contributed by atoms with Gasteiger partial charge in [-0.25, -0.2) is 19.6 Å². The van der Waals surface area contributed by atoms with Crippen molar-refractivity contribution in [3.8, 4) is 0 Å². The predicted octanol–water partition coefficient (Wildman–Crippen LogP) is 34.3. The Morgan fingerprint density at radius 2 is 0.305 bits per heavy atom. The third-order valence-corrected chi connectivity index (χ3v) is 23.1. The third kappa shape index (κ3) is 72.4. The molecule has 0 saturated carbocycles. The number of unbranched alkanes of at least 4 members (excludes halogenated alkanes) is 58. The Kier molecular flexibility index (Phi) is 85.8. The van der Waals surface area contributed by atoms with Crippen LogP contribution < -0.4 is 0 Å². The third-order valence-electron chi connectivity index (χ3n) is 23.1. The second kappa shape index (κ2) is 86.1. The fourth-order valence-corrected chi connectivity index (χ4v) is 15.9. The van der Waals surface area contributed by atoms with Crippen LogP contribution in [0, 0.1) is 0 Å². The molecule has 105 heavy (non-hydrogen) atoms. The highest BCUT2D eigenvalue weighted by molar-refractivity contribution is 4.84. The molecule has 4 atom stereocenters. The number of hydrogen-bond acceptors (Lipinski definition) is 9. The zero-order valence-electron chi connectivity index (χ0n) is 73.6. The lowest BCUT2D eigenvalue weighted by molar-refractivity contribution is -0.458. The quantitative estimate of drug-likeness (QED) is 0.0256. The maximum absolute atomic E-state index is 7.68. The highest BCUT2D eigenvalue weighted by Crippen LogP contribution is 2.38. The van der Waals surface area contributed by atoms with E-state index in [1.165, 1.54) is 398 Å². The van der Waals surface area contributed by atoms with Crippen LogP contribution in [0.1, 0.15) is 570 Å². The van der Waals surface area contributed by atoms with E-state index in [1.54, 1.807) is 0 Å². The van der Waals surface area contributed by atoms with Gasteiger partial charge in [-0.1, -0.05) is 480 Å². The van der Waals surface area contributed by atoms with Crippen molar-refractivity contribution >= 4 is 0 Å². The van der Waals surface area contributed by atoms with Gasteiger partial charge in [-0.15, -0.1) is 0 Å². The molecule has 0 saturated heterocycles. The lowest BCUT2D eigenvalue weighted by atomic mass is 9.84. The molecule has 9 heteroatoms. The van der Waals surface area contributed by atoms with E-state index in [1.807, 2.05) is 0 Å². The summed E-state index contributed by atoms with van der Waals surface area (Å²) in [6.07, 6.45) is 94.6. The Morgan fingerprint density at radius 3 is 0.495 bits per heavy atom. The van der Waals surface area contributed by atoms with Gasteiger partial charge in [0.05, 0.1) is 11.2 Å². The van der Waals surface area contributed by atoms with E-state index in [2.05, 4.69) is 69.2 Å². The summed E-state index contributed by atoms with van der Waals surface area (Å²) < 4.78 is 35.0. The molecule has 9 nitrogen and oxygen atoms in total. The Labute approximate surface area is 659 Å². The van der Waals surface area contributed by atoms with Crippen LogP contribution in [0.2, 0.25) is 0 Å². The highest BCUT2D eigenvalue weighted by atomic mass is 17.3. The fourth-order valence-electron chi connectivity index (χ4n) is 15.9. The molecule has 0 spiro atoms. The highest BCUT2D eigenvalue weighted by Gasteiger charge is 2.36. The first-order valence-corrected chi connectivity index (χ1v) is 48.6. The largest absolute Gasteiger partial charge is 0.343 e. The minimum atomic E-state index is -0.591. The number of hydrogen-bond donors (Lipinski definition) is 0. The van der Waals surface area contributed by atoms with Crippen LogP contribution in [0.25, 0.3) is 0 Å². The normalized spacial score (nSPS) is 13.4. The average molecular weight is 1490 g/mol. The molecule has 4 unspecified atom stereocenters. The summed E-state index contributed by atoms with van der Waals surface area (Å²) >= 11 is 0. The lowest BCUT2D eigenvalue weighted by Crippen LogP contribution is -2.39. The molecule has 0 bridgehead atoms. The van der Waals surface area contributed by atoms with Crippen LogP contribution in [0.15, 0.2) is 0 Å². The van der Waals surface area contributed by atoms with Gasteiger partial charge >= 0.3 is 0 Å². The zero-order chi connectivity index (χ0) is 76.2. The van der Waals surface area contributed by atoms with Crippen LogP contribution >= 0.6 is 0 Å². The second-order valence-corrected chi connectivity index (χ2v) is 33.6. The van der Waals surface area contributed by atoms with Crippen molar-refractivity contribution in [2.75, 3.05) is 13.6 Å². The molecular formula is C96H194O9. The van der Waals surface area contributed by atoms with Crippen molar-refractivity contribution in [1.29, 1.82) is 0 Å². The topological polar surface area (TPSA) is 83.1 Å². The molecule has 0 aromatic carbocycles. The monoisotopic (exact) mass is 1490 g/mol. The molecule has 0 heterocycles. The Balaban J connectivity index is 7.19. The molecule has 632 valence electrons. The van der Waals surface area contributed by atoms with Crippen LogP contribution in [0.5, 0.6) is 0 Å². The Hall–Kier alpha value is -0.360. The van der Waals surface area contributed by atoms with Crippen molar-refractivity contribution in [3.63, 3.8) is 0 Å².